The van der Waals surface area contributed by atoms with Gasteiger partial charge in [-0.15, -0.1) is 0 Å². The molecule has 0 aromatic carbocycles. The van der Waals surface area contributed by atoms with Crippen molar-refractivity contribution in [2.45, 2.75) is 160 Å². The molecular formula is C34H64N4O3. The molecule has 0 aliphatic heterocycles. The summed E-state index contributed by atoms with van der Waals surface area (Å²) in [6.07, 6.45) is 30.2. The Hall–Kier alpha value is -1.89. The normalized spacial score (nSPS) is 14.7. The van der Waals surface area contributed by atoms with Crippen molar-refractivity contribution in [3.8, 4) is 0 Å². The number of nitrogens with zero attached hydrogens (tertiary/aromatic N) is 2. The van der Waals surface area contributed by atoms with Gasteiger partial charge >= 0.3 is 0 Å². The number of nitrogens with two attached hydrogens (primary N) is 1. The lowest BCUT2D eigenvalue weighted by molar-refractivity contribution is -0.137. The van der Waals surface area contributed by atoms with Gasteiger partial charge in [0.1, 0.15) is 0 Å². The quantitative estimate of drug-likeness (QED) is 0.0666. The minimum Gasteiger partial charge on any atom is -0.352 e. The maximum atomic E-state index is 12.9. The molecular weight excluding hydrogens is 512 g/mol. The number of amides is 3. The van der Waals surface area contributed by atoms with Crippen LogP contribution in [0.2, 0.25) is 0 Å². The van der Waals surface area contributed by atoms with E-state index in [1.54, 1.807) is 0 Å². The topological polar surface area (TPSA) is 95.7 Å². The van der Waals surface area contributed by atoms with Crippen molar-refractivity contribution in [3.63, 3.8) is 0 Å². The Labute approximate surface area is 252 Å². The first-order valence-electron chi connectivity index (χ1n) is 17.1. The van der Waals surface area contributed by atoms with Crippen molar-refractivity contribution in [1.82, 2.24) is 15.1 Å². The summed E-state index contributed by atoms with van der Waals surface area (Å²) < 4.78 is 0. The highest BCUT2D eigenvalue weighted by Crippen LogP contribution is 2.21. The second-order valence-corrected chi connectivity index (χ2v) is 12.2. The minimum absolute atomic E-state index is 0.0238. The zero-order chi connectivity index (χ0) is 30.0. The molecule has 1 rings (SSSR count). The van der Waals surface area contributed by atoms with Crippen LogP contribution >= 0.6 is 0 Å². The molecule has 0 spiro atoms. The first kappa shape index (κ1) is 37.1. The molecule has 0 aromatic heterocycles. The fraction of sp³-hybridized carbons (Fsp3) is 0.853. The molecule has 1 aliphatic carbocycles. The number of likely N-dealkylation sites (N-methyl/N-ethyl adjacent to an activating group) is 1. The van der Waals surface area contributed by atoms with Gasteiger partial charge < -0.3 is 20.9 Å². The summed E-state index contributed by atoms with van der Waals surface area (Å²) in [5.74, 6) is 0.0150. The van der Waals surface area contributed by atoms with Crippen LogP contribution in [0, 0.1) is 0 Å². The lowest BCUT2D eigenvalue weighted by Crippen LogP contribution is -2.48. The average Bonchev–Trinajstić information content (AvgIpc) is 2.98. The van der Waals surface area contributed by atoms with E-state index in [2.05, 4.69) is 24.4 Å². The van der Waals surface area contributed by atoms with Crippen molar-refractivity contribution in [1.29, 1.82) is 0 Å². The summed E-state index contributed by atoms with van der Waals surface area (Å²) in [6.45, 7) is 3.29. The maximum Gasteiger partial charge on any atom is 0.242 e. The summed E-state index contributed by atoms with van der Waals surface area (Å²) in [5.41, 5.74) is 5.68. The molecule has 3 N–H and O–H groups in total. The molecule has 0 heterocycles. The SMILES string of the molecule is CCCCCCCC/C=C/CCCCCCCC(=O)NC(CCCCN)CN(C=O)CC(=O)N(C)C1CCCCC1. The molecule has 1 fully saturated rings. The van der Waals surface area contributed by atoms with Gasteiger partial charge in [0.15, 0.2) is 0 Å². The Morgan fingerprint density at radius 2 is 1.46 bits per heavy atom. The van der Waals surface area contributed by atoms with E-state index in [1.165, 1.54) is 69.1 Å². The van der Waals surface area contributed by atoms with E-state index in [0.29, 0.717) is 19.5 Å². The van der Waals surface area contributed by atoms with Crippen molar-refractivity contribution in [2.75, 3.05) is 26.7 Å². The molecule has 3 amide bonds. The molecule has 7 nitrogen and oxygen atoms in total. The predicted molar refractivity (Wildman–Crippen MR) is 172 cm³/mol. The lowest BCUT2D eigenvalue weighted by atomic mass is 9.94. The van der Waals surface area contributed by atoms with E-state index >= 15 is 0 Å². The van der Waals surface area contributed by atoms with E-state index in [9.17, 15) is 14.4 Å². The lowest BCUT2D eigenvalue weighted by Gasteiger charge is -2.33. The zero-order valence-electron chi connectivity index (χ0n) is 26.8. The number of carbonyl (C=O) groups excluding carboxylic acids is 3. The van der Waals surface area contributed by atoms with Gasteiger partial charge in [-0.3, -0.25) is 14.4 Å². The Kier molecular flexibility index (Phi) is 23.4. The number of carbonyl (C=O) groups is 3. The summed E-state index contributed by atoms with van der Waals surface area (Å²) in [5, 5.41) is 3.14. The van der Waals surface area contributed by atoms with E-state index in [-0.39, 0.29) is 30.4 Å². The van der Waals surface area contributed by atoms with Crippen molar-refractivity contribution < 1.29 is 14.4 Å². The van der Waals surface area contributed by atoms with Crippen LogP contribution in [0.1, 0.15) is 148 Å². The minimum atomic E-state index is -0.157. The third-order valence-corrected chi connectivity index (χ3v) is 8.50. The molecule has 0 radical (unpaired) electrons. The second kappa shape index (κ2) is 25.8. The van der Waals surface area contributed by atoms with Gasteiger partial charge in [-0.05, 0) is 64.3 Å². The summed E-state index contributed by atoms with van der Waals surface area (Å²) >= 11 is 0. The predicted octanol–water partition coefficient (Wildman–Crippen LogP) is 6.89. The van der Waals surface area contributed by atoms with Crippen molar-refractivity contribution in [2.24, 2.45) is 5.73 Å². The maximum absolute atomic E-state index is 12.9. The molecule has 238 valence electrons. The van der Waals surface area contributed by atoms with Gasteiger partial charge in [0.05, 0.1) is 6.54 Å². The summed E-state index contributed by atoms with van der Waals surface area (Å²) in [7, 11) is 1.86. The van der Waals surface area contributed by atoms with Crippen molar-refractivity contribution in [3.05, 3.63) is 12.2 Å². The number of rotatable bonds is 26. The van der Waals surface area contributed by atoms with Crippen LogP contribution < -0.4 is 11.1 Å². The second-order valence-electron chi connectivity index (χ2n) is 12.2. The van der Waals surface area contributed by atoms with E-state index in [4.69, 9.17) is 5.73 Å². The number of unbranched alkanes of at least 4 members (excludes halogenated alkanes) is 12. The molecule has 1 atom stereocenters. The number of nitrogens with one attached hydrogen (secondary N) is 1. The zero-order valence-corrected chi connectivity index (χ0v) is 26.8. The smallest absolute Gasteiger partial charge is 0.242 e. The molecule has 0 bridgehead atoms. The molecule has 41 heavy (non-hydrogen) atoms. The van der Waals surface area contributed by atoms with Gasteiger partial charge in [-0.1, -0.05) is 96.1 Å². The Balaban J connectivity index is 2.26. The highest BCUT2D eigenvalue weighted by atomic mass is 16.2. The largest absolute Gasteiger partial charge is 0.352 e. The van der Waals surface area contributed by atoms with E-state index in [0.717, 1.165) is 77.0 Å². The standard InChI is InChI=1S/C34H64N4O3/c1-3-4-5-6-7-8-9-10-11-12-13-14-15-16-20-26-33(40)36-31(23-21-22-27-35)28-38(30-39)29-34(41)37(2)32-24-18-17-19-25-32/h10-11,30-32H,3-9,12-29,35H2,1-2H3,(H,36,40)/b11-10+. The van der Waals surface area contributed by atoms with Crippen LogP contribution in [0.4, 0.5) is 0 Å². The molecule has 0 aromatic rings. The molecule has 1 unspecified atom stereocenters. The fourth-order valence-electron chi connectivity index (χ4n) is 5.79. The van der Waals surface area contributed by atoms with Crippen LogP contribution in [0.15, 0.2) is 12.2 Å². The molecule has 0 saturated heterocycles. The molecule has 7 heteroatoms. The summed E-state index contributed by atoms with van der Waals surface area (Å²) in [6, 6.07) is 0.117. The van der Waals surface area contributed by atoms with Crippen LogP contribution in [0.3, 0.4) is 0 Å². The average molecular weight is 577 g/mol. The monoisotopic (exact) mass is 576 g/mol. The highest BCUT2D eigenvalue weighted by molar-refractivity contribution is 5.80. The van der Waals surface area contributed by atoms with E-state index < -0.39 is 0 Å². The summed E-state index contributed by atoms with van der Waals surface area (Å²) in [4.78, 5) is 40.7. The van der Waals surface area contributed by atoms with Crippen LogP contribution in [0.5, 0.6) is 0 Å². The Morgan fingerprint density at radius 3 is 2.07 bits per heavy atom. The van der Waals surface area contributed by atoms with Gasteiger partial charge in [-0.25, -0.2) is 0 Å². The molecule has 1 saturated carbocycles. The van der Waals surface area contributed by atoms with E-state index in [1.807, 2.05) is 11.9 Å². The number of hydrogen-bond donors (Lipinski definition) is 2. The van der Waals surface area contributed by atoms with Crippen LogP contribution in [-0.2, 0) is 14.4 Å². The number of allylic oxidation sites excluding steroid dienone is 2. The third kappa shape index (κ3) is 19.8. The molecule has 1 aliphatic rings. The fourth-order valence-corrected chi connectivity index (χ4v) is 5.79. The van der Waals surface area contributed by atoms with Crippen LogP contribution in [-0.4, -0.2) is 66.8 Å². The Morgan fingerprint density at radius 1 is 0.854 bits per heavy atom. The van der Waals surface area contributed by atoms with Gasteiger partial charge in [0, 0.05) is 32.1 Å². The number of hydrogen-bond acceptors (Lipinski definition) is 4. The first-order chi connectivity index (χ1) is 20.0. The third-order valence-electron chi connectivity index (χ3n) is 8.50. The Bertz CT molecular complexity index is 693. The van der Waals surface area contributed by atoms with Gasteiger partial charge in [-0.2, -0.15) is 0 Å². The first-order valence-corrected chi connectivity index (χ1v) is 17.1. The highest BCUT2D eigenvalue weighted by Gasteiger charge is 2.24. The van der Waals surface area contributed by atoms with Crippen molar-refractivity contribution >= 4 is 18.2 Å². The van der Waals surface area contributed by atoms with Gasteiger partial charge in [0.2, 0.25) is 18.2 Å². The van der Waals surface area contributed by atoms with Gasteiger partial charge in [0.25, 0.3) is 0 Å². The van der Waals surface area contributed by atoms with Crippen LogP contribution in [0.25, 0.3) is 0 Å².